The molecular formula is C24H18ClN3O3. The Hall–Kier alpha value is -3.64. The van der Waals surface area contributed by atoms with Crippen LogP contribution < -0.4 is 0 Å². The number of carbonyl (C=O) groups is 1. The topological polar surface area (TPSA) is 79.2 Å². The van der Waals surface area contributed by atoms with Crippen molar-refractivity contribution < 1.29 is 9.72 Å². The number of aromatic nitrogens is 1. The SMILES string of the molecule is O=C(c1ccc(Cl)cc1)N1CCc2c([nH]c3ccccc23)[C@H]1c1ccc([N+](=O)[O-])cc1. The van der Waals surface area contributed by atoms with Crippen molar-refractivity contribution in [3.63, 3.8) is 0 Å². The molecule has 6 nitrogen and oxygen atoms in total. The van der Waals surface area contributed by atoms with E-state index in [1.54, 1.807) is 36.4 Å². The number of hydrogen-bond acceptors (Lipinski definition) is 3. The highest BCUT2D eigenvalue weighted by atomic mass is 35.5. The van der Waals surface area contributed by atoms with E-state index in [1.165, 1.54) is 17.7 Å². The van der Waals surface area contributed by atoms with Gasteiger partial charge in [-0.2, -0.15) is 0 Å². The summed E-state index contributed by atoms with van der Waals surface area (Å²) >= 11 is 5.99. The van der Waals surface area contributed by atoms with Crippen LogP contribution in [0.1, 0.15) is 33.2 Å². The standard InChI is InChI=1S/C24H18ClN3O3/c25-17-9-5-16(6-10-17)24(29)27-14-13-20-19-3-1-2-4-21(19)26-22(20)23(27)15-7-11-18(12-8-15)28(30)31/h1-12,23,26H,13-14H2/t23-/m1/s1. The second-order valence-electron chi connectivity index (χ2n) is 7.57. The van der Waals surface area contributed by atoms with Crippen molar-refractivity contribution in [1.82, 2.24) is 9.88 Å². The number of fused-ring (bicyclic) bond motifs is 3. The quantitative estimate of drug-likeness (QED) is 0.342. The molecule has 1 atom stereocenters. The molecule has 1 aliphatic rings. The van der Waals surface area contributed by atoms with Crippen molar-refractivity contribution in [2.45, 2.75) is 12.5 Å². The molecule has 0 fully saturated rings. The molecule has 0 radical (unpaired) electrons. The van der Waals surface area contributed by atoms with Crippen LogP contribution in [0.3, 0.4) is 0 Å². The average Bonchev–Trinajstić information content (AvgIpc) is 3.17. The molecule has 0 unspecified atom stereocenters. The van der Waals surface area contributed by atoms with E-state index in [9.17, 15) is 14.9 Å². The molecule has 7 heteroatoms. The summed E-state index contributed by atoms with van der Waals surface area (Å²) in [6.07, 6.45) is 0.724. The Morgan fingerprint density at radius 3 is 2.45 bits per heavy atom. The van der Waals surface area contributed by atoms with Crippen LogP contribution in [0.2, 0.25) is 5.02 Å². The second kappa shape index (κ2) is 7.56. The lowest BCUT2D eigenvalue weighted by Gasteiger charge is -2.36. The number of nitrogens with one attached hydrogen (secondary N) is 1. The Morgan fingerprint density at radius 1 is 1.03 bits per heavy atom. The average molecular weight is 432 g/mol. The first-order valence-electron chi connectivity index (χ1n) is 9.93. The third kappa shape index (κ3) is 3.35. The Bertz CT molecular complexity index is 1300. The summed E-state index contributed by atoms with van der Waals surface area (Å²) in [6, 6.07) is 21.0. The predicted octanol–water partition coefficient (Wildman–Crippen LogP) is 5.52. The minimum atomic E-state index is -0.421. The van der Waals surface area contributed by atoms with Gasteiger partial charge in [-0.25, -0.2) is 0 Å². The van der Waals surface area contributed by atoms with Crippen LogP contribution in [0.4, 0.5) is 5.69 Å². The maximum atomic E-state index is 13.5. The Kier molecular flexibility index (Phi) is 4.71. The molecule has 1 aromatic heterocycles. The van der Waals surface area contributed by atoms with Gasteiger partial charge in [0.1, 0.15) is 0 Å². The van der Waals surface area contributed by atoms with Gasteiger partial charge in [-0.1, -0.05) is 29.8 Å². The first-order chi connectivity index (χ1) is 15.0. The molecule has 31 heavy (non-hydrogen) atoms. The first-order valence-corrected chi connectivity index (χ1v) is 10.3. The summed E-state index contributed by atoms with van der Waals surface area (Å²) in [6.45, 7) is 0.540. The van der Waals surface area contributed by atoms with E-state index in [0.717, 1.165) is 28.6 Å². The van der Waals surface area contributed by atoms with Crippen molar-refractivity contribution in [1.29, 1.82) is 0 Å². The predicted molar refractivity (Wildman–Crippen MR) is 119 cm³/mol. The molecule has 4 aromatic rings. The molecule has 1 amide bonds. The lowest BCUT2D eigenvalue weighted by atomic mass is 9.91. The van der Waals surface area contributed by atoms with Crippen LogP contribution in [-0.2, 0) is 6.42 Å². The highest BCUT2D eigenvalue weighted by Gasteiger charge is 2.35. The normalized spacial score (nSPS) is 15.6. The number of aromatic amines is 1. The van der Waals surface area contributed by atoms with E-state index in [0.29, 0.717) is 17.1 Å². The van der Waals surface area contributed by atoms with E-state index < -0.39 is 4.92 Å². The molecule has 3 aromatic carbocycles. The van der Waals surface area contributed by atoms with Crippen molar-refractivity contribution in [3.05, 3.63) is 110 Å². The Balaban J connectivity index is 1.64. The van der Waals surface area contributed by atoms with Gasteiger partial charge >= 0.3 is 0 Å². The number of nitro benzene ring substituents is 1. The maximum Gasteiger partial charge on any atom is 0.269 e. The number of H-pyrrole nitrogens is 1. The smallest absolute Gasteiger partial charge is 0.269 e. The summed E-state index contributed by atoms with van der Waals surface area (Å²) in [4.78, 5) is 29.5. The number of halogens is 1. The lowest BCUT2D eigenvalue weighted by Crippen LogP contribution is -2.40. The number of nitro groups is 1. The molecule has 5 rings (SSSR count). The van der Waals surface area contributed by atoms with E-state index in [4.69, 9.17) is 11.6 Å². The van der Waals surface area contributed by atoms with E-state index in [-0.39, 0.29) is 17.6 Å². The molecule has 0 saturated carbocycles. The maximum absolute atomic E-state index is 13.5. The van der Waals surface area contributed by atoms with E-state index in [1.807, 2.05) is 23.1 Å². The number of carbonyl (C=O) groups excluding carboxylic acids is 1. The molecule has 2 heterocycles. The summed E-state index contributed by atoms with van der Waals surface area (Å²) in [5.41, 5.74) is 4.53. The number of hydrogen-bond donors (Lipinski definition) is 1. The Labute approximate surface area is 183 Å². The van der Waals surface area contributed by atoms with Gasteiger partial charge in [0.15, 0.2) is 0 Å². The number of nitrogens with zero attached hydrogens (tertiary/aromatic N) is 2. The molecule has 0 bridgehead atoms. The van der Waals surface area contributed by atoms with Crippen LogP contribution in [-0.4, -0.2) is 27.3 Å². The summed E-state index contributed by atoms with van der Waals surface area (Å²) < 4.78 is 0. The van der Waals surface area contributed by atoms with Crippen LogP contribution in [0, 0.1) is 10.1 Å². The van der Waals surface area contributed by atoms with Crippen LogP contribution in [0.5, 0.6) is 0 Å². The van der Waals surface area contributed by atoms with Gasteiger partial charge in [0.25, 0.3) is 11.6 Å². The summed E-state index contributed by atoms with van der Waals surface area (Å²) in [5.74, 6) is -0.107. The van der Waals surface area contributed by atoms with Gasteiger partial charge in [0.05, 0.1) is 11.0 Å². The fourth-order valence-corrected chi connectivity index (χ4v) is 4.47. The fourth-order valence-electron chi connectivity index (χ4n) is 4.34. The first kappa shape index (κ1) is 19.3. The molecule has 154 valence electrons. The van der Waals surface area contributed by atoms with Crippen LogP contribution in [0.25, 0.3) is 10.9 Å². The largest absolute Gasteiger partial charge is 0.356 e. The zero-order valence-electron chi connectivity index (χ0n) is 16.4. The van der Waals surface area contributed by atoms with Crippen molar-refractivity contribution >= 4 is 34.1 Å². The van der Waals surface area contributed by atoms with Crippen LogP contribution >= 0.6 is 11.6 Å². The monoisotopic (exact) mass is 431 g/mol. The van der Waals surface area contributed by atoms with Gasteiger partial charge in [0.2, 0.25) is 0 Å². The third-order valence-electron chi connectivity index (χ3n) is 5.81. The van der Waals surface area contributed by atoms with E-state index >= 15 is 0 Å². The fraction of sp³-hybridized carbons (Fsp3) is 0.125. The number of benzene rings is 3. The van der Waals surface area contributed by atoms with Crippen molar-refractivity contribution in [3.8, 4) is 0 Å². The molecule has 0 spiro atoms. The Morgan fingerprint density at radius 2 is 1.74 bits per heavy atom. The molecular weight excluding hydrogens is 414 g/mol. The number of amides is 1. The molecule has 1 aliphatic heterocycles. The van der Waals surface area contributed by atoms with Gasteiger partial charge in [-0.05, 0) is 60.0 Å². The number of para-hydroxylation sites is 1. The lowest BCUT2D eigenvalue weighted by molar-refractivity contribution is -0.384. The third-order valence-corrected chi connectivity index (χ3v) is 6.06. The second-order valence-corrected chi connectivity index (χ2v) is 8.01. The highest BCUT2D eigenvalue weighted by molar-refractivity contribution is 6.30. The van der Waals surface area contributed by atoms with Gasteiger partial charge in [-0.15, -0.1) is 0 Å². The summed E-state index contributed by atoms with van der Waals surface area (Å²) in [5, 5.41) is 12.8. The highest BCUT2D eigenvalue weighted by Crippen LogP contribution is 2.39. The summed E-state index contributed by atoms with van der Waals surface area (Å²) in [7, 11) is 0. The van der Waals surface area contributed by atoms with E-state index in [2.05, 4.69) is 11.1 Å². The minimum Gasteiger partial charge on any atom is -0.356 e. The van der Waals surface area contributed by atoms with Crippen molar-refractivity contribution in [2.75, 3.05) is 6.54 Å². The van der Waals surface area contributed by atoms with Gasteiger partial charge in [0, 0.05) is 45.9 Å². The zero-order chi connectivity index (χ0) is 21.5. The zero-order valence-corrected chi connectivity index (χ0v) is 17.2. The van der Waals surface area contributed by atoms with Crippen molar-refractivity contribution in [2.24, 2.45) is 0 Å². The van der Waals surface area contributed by atoms with Gasteiger partial charge in [-0.3, -0.25) is 14.9 Å². The molecule has 0 aliphatic carbocycles. The van der Waals surface area contributed by atoms with Crippen LogP contribution in [0.15, 0.2) is 72.8 Å². The molecule has 0 saturated heterocycles. The molecule has 1 N–H and O–H groups in total. The minimum absolute atomic E-state index is 0.0204. The van der Waals surface area contributed by atoms with Gasteiger partial charge < -0.3 is 9.88 Å². The number of rotatable bonds is 3. The number of non-ortho nitro benzene ring substituents is 1.